The highest BCUT2D eigenvalue weighted by atomic mass is 16.5. The van der Waals surface area contributed by atoms with Crippen LogP contribution in [0.2, 0.25) is 0 Å². The van der Waals surface area contributed by atoms with Gasteiger partial charge in [0.05, 0.1) is 25.3 Å². The Kier molecular flexibility index (Phi) is 4.38. The molecule has 0 saturated heterocycles. The van der Waals surface area contributed by atoms with Crippen LogP contribution in [0, 0.1) is 6.92 Å². The van der Waals surface area contributed by atoms with Crippen LogP contribution in [-0.2, 0) is 9.47 Å². The van der Waals surface area contributed by atoms with Crippen LogP contribution in [0.15, 0.2) is 42.5 Å². The molecule has 0 aliphatic rings. The maximum absolute atomic E-state index is 11.8. The highest BCUT2D eigenvalue weighted by Crippen LogP contribution is 2.24. The maximum Gasteiger partial charge on any atom is 0.337 e. The summed E-state index contributed by atoms with van der Waals surface area (Å²) in [5, 5.41) is 0. The van der Waals surface area contributed by atoms with Crippen LogP contribution >= 0.6 is 0 Å². The summed E-state index contributed by atoms with van der Waals surface area (Å²) in [6.45, 7) is 1.98. The zero-order valence-corrected chi connectivity index (χ0v) is 12.2. The summed E-state index contributed by atoms with van der Waals surface area (Å²) in [5.41, 5.74) is 3.41. The number of benzene rings is 2. The summed E-state index contributed by atoms with van der Waals surface area (Å²) >= 11 is 0. The van der Waals surface area contributed by atoms with Crippen LogP contribution in [0.4, 0.5) is 0 Å². The predicted molar refractivity (Wildman–Crippen MR) is 79.3 cm³/mol. The Bertz CT molecular complexity index is 655. The van der Waals surface area contributed by atoms with Crippen LogP contribution in [-0.4, -0.2) is 26.2 Å². The Hall–Kier alpha value is -2.62. The number of aryl methyl sites for hydroxylation is 1. The molecule has 0 radical (unpaired) electrons. The summed E-state index contributed by atoms with van der Waals surface area (Å²) < 4.78 is 9.46. The van der Waals surface area contributed by atoms with Gasteiger partial charge in [-0.2, -0.15) is 0 Å². The van der Waals surface area contributed by atoms with E-state index in [-0.39, 0.29) is 0 Å². The minimum atomic E-state index is -0.491. The topological polar surface area (TPSA) is 52.6 Å². The summed E-state index contributed by atoms with van der Waals surface area (Å²) in [7, 11) is 2.61. The second-order valence-electron chi connectivity index (χ2n) is 4.65. The van der Waals surface area contributed by atoms with Gasteiger partial charge in [-0.25, -0.2) is 9.59 Å². The van der Waals surface area contributed by atoms with E-state index in [1.165, 1.54) is 20.3 Å². The average Bonchev–Trinajstić information content (AvgIpc) is 2.52. The molecule has 2 aromatic carbocycles. The van der Waals surface area contributed by atoms with E-state index < -0.39 is 11.9 Å². The molecule has 0 aliphatic heterocycles. The second kappa shape index (κ2) is 6.22. The molecule has 2 aromatic rings. The van der Waals surface area contributed by atoms with Crippen LogP contribution in [0.3, 0.4) is 0 Å². The Morgan fingerprint density at radius 1 is 0.810 bits per heavy atom. The molecule has 21 heavy (non-hydrogen) atoms. The molecule has 0 amide bonds. The lowest BCUT2D eigenvalue weighted by Crippen LogP contribution is -2.07. The molecule has 0 heterocycles. The van der Waals surface area contributed by atoms with Gasteiger partial charge < -0.3 is 9.47 Å². The molecule has 0 bridgehead atoms. The molecule has 108 valence electrons. The van der Waals surface area contributed by atoms with Crippen LogP contribution in [0.1, 0.15) is 26.3 Å². The van der Waals surface area contributed by atoms with Crippen molar-refractivity contribution in [1.29, 1.82) is 0 Å². The van der Waals surface area contributed by atoms with Crippen LogP contribution < -0.4 is 0 Å². The standard InChI is InChI=1S/C17H16O4/c1-11-5-4-6-12(7-11)13-8-14(16(18)20-2)10-15(9-13)17(19)21-3/h4-10H,1-3H3. The van der Waals surface area contributed by atoms with E-state index in [1.54, 1.807) is 12.1 Å². The first kappa shape index (κ1) is 14.8. The van der Waals surface area contributed by atoms with Crippen molar-refractivity contribution in [3.8, 4) is 11.1 Å². The SMILES string of the molecule is COC(=O)c1cc(C(=O)OC)cc(-c2cccc(C)c2)c1. The van der Waals surface area contributed by atoms with Crippen molar-refractivity contribution in [2.24, 2.45) is 0 Å². The van der Waals surface area contributed by atoms with Crippen LogP contribution in [0.25, 0.3) is 11.1 Å². The third kappa shape index (κ3) is 3.28. The predicted octanol–water partition coefficient (Wildman–Crippen LogP) is 3.24. The molecule has 0 saturated carbocycles. The number of hydrogen-bond acceptors (Lipinski definition) is 4. The number of esters is 2. The summed E-state index contributed by atoms with van der Waals surface area (Å²) in [6, 6.07) is 12.7. The molecular formula is C17H16O4. The highest BCUT2D eigenvalue weighted by Gasteiger charge is 2.14. The zero-order chi connectivity index (χ0) is 15.4. The molecule has 2 rings (SSSR count). The van der Waals surface area contributed by atoms with Crippen molar-refractivity contribution in [3.63, 3.8) is 0 Å². The lowest BCUT2D eigenvalue weighted by atomic mass is 9.98. The van der Waals surface area contributed by atoms with E-state index in [0.29, 0.717) is 11.1 Å². The lowest BCUT2D eigenvalue weighted by molar-refractivity contribution is 0.0599. The number of hydrogen-bond donors (Lipinski definition) is 0. The Morgan fingerprint density at radius 3 is 1.86 bits per heavy atom. The highest BCUT2D eigenvalue weighted by molar-refractivity contribution is 5.97. The van der Waals surface area contributed by atoms with E-state index in [4.69, 9.17) is 9.47 Å². The fraction of sp³-hybridized carbons (Fsp3) is 0.176. The molecule has 0 aliphatic carbocycles. The van der Waals surface area contributed by atoms with Crippen molar-refractivity contribution in [2.75, 3.05) is 14.2 Å². The first-order valence-electron chi connectivity index (χ1n) is 6.44. The fourth-order valence-electron chi connectivity index (χ4n) is 2.09. The van der Waals surface area contributed by atoms with Gasteiger partial charge in [-0.15, -0.1) is 0 Å². The van der Waals surface area contributed by atoms with Crippen molar-refractivity contribution < 1.29 is 19.1 Å². The smallest absolute Gasteiger partial charge is 0.337 e. The maximum atomic E-state index is 11.8. The van der Waals surface area contributed by atoms with Gasteiger partial charge in [0.15, 0.2) is 0 Å². The monoisotopic (exact) mass is 284 g/mol. The van der Waals surface area contributed by atoms with Crippen LogP contribution in [0.5, 0.6) is 0 Å². The normalized spacial score (nSPS) is 10.0. The first-order chi connectivity index (χ1) is 10.0. The number of rotatable bonds is 3. The van der Waals surface area contributed by atoms with Gasteiger partial charge in [0.2, 0.25) is 0 Å². The van der Waals surface area contributed by atoms with E-state index in [1.807, 2.05) is 31.2 Å². The zero-order valence-electron chi connectivity index (χ0n) is 12.2. The van der Waals surface area contributed by atoms with Crippen molar-refractivity contribution >= 4 is 11.9 Å². The van der Waals surface area contributed by atoms with E-state index in [0.717, 1.165) is 16.7 Å². The number of methoxy groups -OCH3 is 2. The Labute approximate surface area is 123 Å². The average molecular weight is 284 g/mol. The van der Waals surface area contributed by atoms with Gasteiger partial charge in [-0.1, -0.05) is 29.8 Å². The molecule has 0 atom stereocenters. The molecular weight excluding hydrogens is 268 g/mol. The van der Waals surface area contributed by atoms with Gasteiger partial charge in [-0.05, 0) is 36.2 Å². The lowest BCUT2D eigenvalue weighted by Gasteiger charge is -2.09. The largest absolute Gasteiger partial charge is 0.465 e. The third-order valence-corrected chi connectivity index (χ3v) is 3.13. The molecule has 0 aromatic heterocycles. The fourth-order valence-corrected chi connectivity index (χ4v) is 2.09. The Morgan fingerprint density at radius 2 is 1.38 bits per heavy atom. The number of carbonyl (C=O) groups excluding carboxylic acids is 2. The van der Waals surface area contributed by atoms with Gasteiger partial charge in [0, 0.05) is 0 Å². The molecule has 4 nitrogen and oxygen atoms in total. The molecule has 0 spiro atoms. The minimum Gasteiger partial charge on any atom is -0.465 e. The molecule has 0 unspecified atom stereocenters. The minimum absolute atomic E-state index is 0.317. The summed E-state index contributed by atoms with van der Waals surface area (Å²) in [6.07, 6.45) is 0. The number of carbonyl (C=O) groups is 2. The van der Waals surface area contributed by atoms with Gasteiger partial charge in [-0.3, -0.25) is 0 Å². The molecule has 4 heteroatoms. The quantitative estimate of drug-likeness (QED) is 0.812. The molecule has 0 N–H and O–H groups in total. The van der Waals surface area contributed by atoms with Crippen molar-refractivity contribution in [2.45, 2.75) is 6.92 Å². The van der Waals surface area contributed by atoms with Gasteiger partial charge >= 0.3 is 11.9 Å². The number of ether oxygens (including phenoxy) is 2. The third-order valence-electron chi connectivity index (χ3n) is 3.13. The molecule has 0 fully saturated rings. The van der Waals surface area contributed by atoms with Gasteiger partial charge in [0.1, 0.15) is 0 Å². The van der Waals surface area contributed by atoms with E-state index in [9.17, 15) is 9.59 Å². The Balaban J connectivity index is 2.59. The second-order valence-corrected chi connectivity index (χ2v) is 4.65. The van der Waals surface area contributed by atoms with E-state index in [2.05, 4.69) is 0 Å². The first-order valence-corrected chi connectivity index (χ1v) is 6.44. The summed E-state index contributed by atoms with van der Waals surface area (Å²) in [4.78, 5) is 23.5. The van der Waals surface area contributed by atoms with Crippen molar-refractivity contribution in [1.82, 2.24) is 0 Å². The summed E-state index contributed by atoms with van der Waals surface area (Å²) in [5.74, 6) is -0.982. The van der Waals surface area contributed by atoms with Crippen molar-refractivity contribution in [3.05, 3.63) is 59.2 Å². The van der Waals surface area contributed by atoms with E-state index >= 15 is 0 Å². The van der Waals surface area contributed by atoms with Gasteiger partial charge in [0.25, 0.3) is 0 Å².